The van der Waals surface area contributed by atoms with Gasteiger partial charge in [0, 0.05) is 12.6 Å². The minimum atomic E-state index is 0.102. The number of nitrogens with two attached hydrogens (primary N) is 1. The Labute approximate surface area is 128 Å². The van der Waals surface area contributed by atoms with Crippen LogP contribution < -0.4 is 11.1 Å². The second-order valence-electron chi connectivity index (χ2n) is 7.39. The zero-order valence-electron chi connectivity index (χ0n) is 13.4. The van der Waals surface area contributed by atoms with Gasteiger partial charge in [0.05, 0.1) is 5.92 Å². The van der Waals surface area contributed by atoms with Crippen molar-refractivity contribution in [3.63, 3.8) is 0 Å². The first-order chi connectivity index (χ1) is 10.2. The van der Waals surface area contributed by atoms with Crippen LogP contribution in [0.25, 0.3) is 0 Å². The maximum Gasteiger partial charge on any atom is 0.224 e. The Hall–Kier alpha value is -0.610. The van der Waals surface area contributed by atoms with E-state index in [4.69, 9.17) is 5.73 Å². The van der Waals surface area contributed by atoms with Crippen molar-refractivity contribution >= 4 is 5.91 Å². The molecule has 1 heterocycles. The number of hydrogen-bond acceptors (Lipinski definition) is 3. The van der Waals surface area contributed by atoms with Gasteiger partial charge in [-0.25, -0.2) is 0 Å². The van der Waals surface area contributed by atoms with Crippen LogP contribution in [0.2, 0.25) is 0 Å². The molecule has 1 saturated heterocycles. The molecule has 21 heavy (non-hydrogen) atoms. The van der Waals surface area contributed by atoms with Crippen LogP contribution in [0.1, 0.15) is 45.4 Å². The van der Waals surface area contributed by atoms with Crippen molar-refractivity contribution in [1.82, 2.24) is 10.2 Å². The first-order valence-corrected chi connectivity index (χ1v) is 8.94. The summed E-state index contributed by atoms with van der Waals surface area (Å²) in [4.78, 5) is 14.9. The van der Waals surface area contributed by atoms with Gasteiger partial charge in [0.15, 0.2) is 0 Å². The highest BCUT2D eigenvalue weighted by Gasteiger charge is 2.48. The van der Waals surface area contributed by atoms with Crippen molar-refractivity contribution in [1.29, 1.82) is 0 Å². The predicted octanol–water partition coefficient (Wildman–Crippen LogP) is 1.60. The molecule has 4 atom stereocenters. The van der Waals surface area contributed by atoms with Crippen LogP contribution in [0.4, 0.5) is 0 Å². The molecule has 0 aromatic heterocycles. The third-order valence-electron chi connectivity index (χ3n) is 6.29. The molecular weight excluding hydrogens is 262 g/mol. The minimum Gasteiger partial charge on any atom is -0.356 e. The maximum atomic E-state index is 12.4. The number of piperidine rings is 1. The number of carbonyl (C=O) groups is 1. The zero-order chi connectivity index (χ0) is 14.8. The topological polar surface area (TPSA) is 58.4 Å². The molecule has 2 bridgehead atoms. The normalized spacial score (nSPS) is 37.0. The Kier molecular flexibility index (Phi) is 4.85. The van der Waals surface area contributed by atoms with Crippen molar-refractivity contribution in [2.75, 3.05) is 26.2 Å². The fourth-order valence-corrected chi connectivity index (χ4v) is 4.83. The molecule has 3 rings (SSSR count). The molecule has 4 heteroatoms. The van der Waals surface area contributed by atoms with Crippen molar-refractivity contribution in [2.24, 2.45) is 29.4 Å². The lowest BCUT2D eigenvalue weighted by molar-refractivity contribution is -0.127. The van der Waals surface area contributed by atoms with Crippen LogP contribution in [0.15, 0.2) is 0 Å². The van der Waals surface area contributed by atoms with Crippen LogP contribution in [-0.2, 0) is 4.79 Å². The van der Waals surface area contributed by atoms with Gasteiger partial charge in [-0.05, 0) is 75.9 Å². The summed E-state index contributed by atoms with van der Waals surface area (Å²) in [5.74, 6) is 2.31. The fourth-order valence-electron chi connectivity index (χ4n) is 4.83. The van der Waals surface area contributed by atoms with Gasteiger partial charge < -0.3 is 16.0 Å². The molecule has 3 fully saturated rings. The number of likely N-dealkylation sites (tertiary alicyclic amines) is 1. The van der Waals surface area contributed by atoms with Crippen LogP contribution in [0.3, 0.4) is 0 Å². The van der Waals surface area contributed by atoms with E-state index in [0.717, 1.165) is 18.9 Å². The summed E-state index contributed by atoms with van der Waals surface area (Å²) < 4.78 is 0. The first-order valence-electron chi connectivity index (χ1n) is 8.94. The van der Waals surface area contributed by atoms with Crippen LogP contribution in [-0.4, -0.2) is 43.0 Å². The van der Waals surface area contributed by atoms with Gasteiger partial charge >= 0.3 is 0 Å². The summed E-state index contributed by atoms with van der Waals surface area (Å²) >= 11 is 0. The maximum absolute atomic E-state index is 12.4. The van der Waals surface area contributed by atoms with E-state index in [2.05, 4.69) is 17.1 Å². The Bertz CT molecular complexity index is 363. The molecule has 4 unspecified atom stereocenters. The summed E-state index contributed by atoms with van der Waals surface area (Å²) in [6.45, 7) is 6.71. The molecule has 0 radical (unpaired) electrons. The summed E-state index contributed by atoms with van der Waals surface area (Å²) in [5.41, 5.74) is 6.24. The van der Waals surface area contributed by atoms with E-state index >= 15 is 0 Å². The number of amides is 1. The lowest BCUT2D eigenvalue weighted by Crippen LogP contribution is -2.45. The summed E-state index contributed by atoms with van der Waals surface area (Å²) in [6, 6.07) is 0.122. The number of nitrogens with zero attached hydrogens (tertiary/aromatic N) is 1. The Morgan fingerprint density at radius 1 is 1.19 bits per heavy atom. The van der Waals surface area contributed by atoms with Crippen LogP contribution >= 0.6 is 0 Å². The van der Waals surface area contributed by atoms with Gasteiger partial charge in [-0.15, -0.1) is 0 Å². The molecule has 0 aromatic carbocycles. The molecule has 2 saturated carbocycles. The average molecular weight is 293 g/mol. The molecule has 0 spiro atoms. The number of hydrogen-bond donors (Lipinski definition) is 2. The number of rotatable bonds is 5. The lowest BCUT2D eigenvalue weighted by atomic mass is 9.84. The molecule has 1 aliphatic heterocycles. The molecule has 120 valence electrons. The van der Waals surface area contributed by atoms with E-state index in [1.54, 1.807) is 0 Å². The Morgan fingerprint density at radius 3 is 2.52 bits per heavy atom. The highest BCUT2D eigenvalue weighted by Crippen LogP contribution is 2.47. The van der Waals surface area contributed by atoms with E-state index in [1.807, 2.05) is 0 Å². The lowest BCUT2D eigenvalue weighted by Gasteiger charge is -2.31. The number of nitrogens with one attached hydrogen (secondary N) is 1. The largest absolute Gasteiger partial charge is 0.356 e. The first kappa shape index (κ1) is 15.3. The highest BCUT2D eigenvalue weighted by atomic mass is 16.1. The molecule has 3 aliphatic rings. The van der Waals surface area contributed by atoms with Gasteiger partial charge in [-0.1, -0.05) is 6.92 Å². The SMILES string of the molecule is CCN1CCC(CCNC(=O)C2C3CCC(C3)C2N)CC1. The van der Waals surface area contributed by atoms with Crippen LogP contribution in [0, 0.1) is 23.7 Å². The fraction of sp³-hybridized carbons (Fsp3) is 0.941. The minimum absolute atomic E-state index is 0.102. The number of fused-ring (bicyclic) bond motifs is 2. The second-order valence-corrected chi connectivity index (χ2v) is 7.39. The van der Waals surface area contributed by atoms with Crippen molar-refractivity contribution in [3.05, 3.63) is 0 Å². The standard InChI is InChI=1S/C17H31N3O/c1-2-20-9-6-12(7-10-20)5-8-19-17(21)15-13-3-4-14(11-13)16(15)18/h12-16H,2-11,18H2,1H3,(H,19,21). The van der Waals surface area contributed by atoms with Crippen molar-refractivity contribution in [2.45, 2.75) is 51.5 Å². The van der Waals surface area contributed by atoms with E-state index in [0.29, 0.717) is 11.8 Å². The molecule has 0 aromatic rings. The van der Waals surface area contributed by atoms with Gasteiger partial charge in [-0.3, -0.25) is 4.79 Å². The molecule has 3 N–H and O–H groups in total. The van der Waals surface area contributed by atoms with E-state index in [1.165, 1.54) is 51.7 Å². The molecule has 2 aliphatic carbocycles. The van der Waals surface area contributed by atoms with Gasteiger partial charge in [-0.2, -0.15) is 0 Å². The van der Waals surface area contributed by atoms with Gasteiger partial charge in [0.25, 0.3) is 0 Å². The molecule has 1 amide bonds. The summed E-state index contributed by atoms with van der Waals surface area (Å²) in [7, 11) is 0. The third kappa shape index (κ3) is 3.26. The van der Waals surface area contributed by atoms with E-state index < -0.39 is 0 Å². The predicted molar refractivity (Wildman–Crippen MR) is 84.8 cm³/mol. The summed E-state index contributed by atoms with van der Waals surface area (Å²) in [5, 5.41) is 3.18. The smallest absolute Gasteiger partial charge is 0.224 e. The quantitative estimate of drug-likeness (QED) is 0.809. The van der Waals surface area contributed by atoms with E-state index in [9.17, 15) is 4.79 Å². The zero-order valence-corrected chi connectivity index (χ0v) is 13.4. The Morgan fingerprint density at radius 2 is 1.90 bits per heavy atom. The van der Waals surface area contributed by atoms with Crippen molar-refractivity contribution < 1.29 is 4.79 Å². The van der Waals surface area contributed by atoms with Gasteiger partial charge in [0.2, 0.25) is 5.91 Å². The average Bonchev–Trinajstić information content (AvgIpc) is 3.08. The molecule has 4 nitrogen and oxygen atoms in total. The Balaban J connectivity index is 1.37. The van der Waals surface area contributed by atoms with Crippen molar-refractivity contribution in [3.8, 4) is 0 Å². The summed E-state index contributed by atoms with van der Waals surface area (Å²) in [6.07, 6.45) is 7.36. The van der Waals surface area contributed by atoms with E-state index in [-0.39, 0.29) is 17.9 Å². The monoisotopic (exact) mass is 293 g/mol. The third-order valence-corrected chi connectivity index (χ3v) is 6.29. The highest BCUT2D eigenvalue weighted by molar-refractivity contribution is 5.80. The molecular formula is C17H31N3O. The van der Waals surface area contributed by atoms with Gasteiger partial charge in [0.1, 0.15) is 0 Å². The number of carbonyl (C=O) groups excluding carboxylic acids is 1. The van der Waals surface area contributed by atoms with Crippen LogP contribution in [0.5, 0.6) is 0 Å². The second kappa shape index (κ2) is 6.66.